The summed E-state index contributed by atoms with van der Waals surface area (Å²) in [5.74, 6) is -1.02. The van der Waals surface area contributed by atoms with Crippen LogP contribution in [0.1, 0.15) is 42.0 Å². The highest BCUT2D eigenvalue weighted by atomic mass is 19.1. The first-order valence-corrected chi connectivity index (χ1v) is 8.65. The number of rotatable bonds is 4. The summed E-state index contributed by atoms with van der Waals surface area (Å²) in [4.78, 5) is 14.4. The maximum atomic E-state index is 13.6. The number of fused-ring (bicyclic) bond motifs is 2. The highest BCUT2D eigenvalue weighted by Crippen LogP contribution is 2.49. The van der Waals surface area contributed by atoms with Crippen molar-refractivity contribution in [2.45, 2.75) is 38.0 Å². The van der Waals surface area contributed by atoms with Gasteiger partial charge < -0.3 is 10.1 Å². The molecule has 0 fully saturated rings. The summed E-state index contributed by atoms with van der Waals surface area (Å²) < 4.78 is 13.6. The van der Waals surface area contributed by atoms with Gasteiger partial charge in [-0.1, -0.05) is 31.2 Å². The first-order chi connectivity index (χ1) is 12.0. The van der Waals surface area contributed by atoms with Crippen molar-refractivity contribution in [3.8, 4) is 0 Å². The first-order valence-electron chi connectivity index (χ1n) is 8.65. The van der Waals surface area contributed by atoms with Crippen LogP contribution in [0.5, 0.6) is 0 Å². The van der Waals surface area contributed by atoms with Crippen molar-refractivity contribution in [1.82, 2.24) is 4.98 Å². The second-order valence-corrected chi connectivity index (χ2v) is 6.85. The van der Waals surface area contributed by atoms with Gasteiger partial charge in [0, 0.05) is 22.5 Å². The molecule has 0 saturated heterocycles. The molecule has 1 aromatic heterocycles. The van der Waals surface area contributed by atoms with Crippen LogP contribution in [0, 0.1) is 5.82 Å². The lowest BCUT2D eigenvalue weighted by Crippen LogP contribution is -2.23. The number of carboxylic acid groups (broad SMARTS) is 1. The number of hydrogen-bond acceptors (Lipinski definition) is 1. The first kappa shape index (κ1) is 15.9. The molecule has 4 heteroatoms. The highest BCUT2D eigenvalue weighted by Gasteiger charge is 2.40. The second-order valence-electron chi connectivity index (χ2n) is 6.85. The van der Waals surface area contributed by atoms with E-state index in [0.29, 0.717) is 0 Å². The molecule has 0 saturated carbocycles. The van der Waals surface area contributed by atoms with Gasteiger partial charge >= 0.3 is 5.97 Å². The minimum Gasteiger partial charge on any atom is -0.481 e. The topological polar surface area (TPSA) is 53.1 Å². The van der Waals surface area contributed by atoms with E-state index in [1.165, 1.54) is 11.1 Å². The van der Waals surface area contributed by atoms with Crippen molar-refractivity contribution >= 4 is 16.9 Å². The zero-order valence-electron chi connectivity index (χ0n) is 14.1. The molecule has 3 nitrogen and oxygen atoms in total. The van der Waals surface area contributed by atoms with Crippen LogP contribution in [-0.2, 0) is 23.1 Å². The van der Waals surface area contributed by atoms with Crippen LogP contribution < -0.4 is 0 Å². The van der Waals surface area contributed by atoms with Gasteiger partial charge in [0.2, 0.25) is 0 Å². The molecule has 1 aliphatic carbocycles. The number of carboxylic acids is 1. The fraction of sp³-hybridized carbons (Fsp3) is 0.286. The van der Waals surface area contributed by atoms with Crippen molar-refractivity contribution in [1.29, 1.82) is 0 Å². The predicted octanol–water partition coefficient (Wildman–Crippen LogP) is 4.58. The number of H-pyrrole nitrogens is 1. The fourth-order valence-electron chi connectivity index (χ4n) is 4.48. The lowest BCUT2D eigenvalue weighted by molar-refractivity contribution is -0.136. The summed E-state index contributed by atoms with van der Waals surface area (Å²) in [7, 11) is 0. The Bertz CT molecular complexity index is 975. The monoisotopic (exact) mass is 337 g/mol. The maximum absolute atomic E-state index is 13.6. The Labute approximate surface area is 145 Å². The van der Waals surface area contributed by atoms with E-state index in [-0.39, 0.29) is 17.7 Å². The average molecular weight is 337 g/mol. The molecule has 0 spiro atoms. The highest BCUT2D eigenvalue weighted by molar-refractivity contribution is 5.90. The molecule has 1 unspecified atom stereocenters. The third kappa shape index (κ3) is 2.36. The van der Waals surface area contributed by atoms with Gasteiger partial charge in [-0.15, -0.1) is 0 Å². The van der Waals surface area contributed by atoms with Gasteiger partial charge in [-0.25, -0.2) is 4.39 Å². The molecule has 0 amide bonds. The normalized spacial score (nSPS) is 19.3. The van der Waals surface area contributed by atoms with E-state index in [2.05, 4.69) is 11.9 Å². The van der Waals surface area contributed by atoms with E-state index >= 15 is 0 Å². The summed E-state index contributed by atoms with van der Waals surface area (Å²) >= 11 is 0. The van der Waals surface area contributed by atoms with Gasteiger partial charge in [0.15, 0.2) is 0 Å². The molecule has 128 valence electrons. The second kappa shape index (κ2) is 5.73. The van der Waals surface area contributed by atoms with Crippen molar-refractivity contribution in [3.63, 3.8) is 0 Å². The number of aromatic amines is 1. The van der Waals surface area contributed by atoms with E-state index in [1.54, 1.807) is 12.1 Å². The van der Waals surface area contributed by atoms with Crippen molar-refractivity contribution in [3.05, 3.63) is 70.7 Å². The zero-order valence-corrected chi connectivity index (χ0v) is 14.1. The van der Waals surface area contributed by atoms with Crippen LogP contribution in [0.25, 0.3) is 10.9 Å². The molecule has 0 aliphatic heterocycles. The number of aliphatic carboxylic acids is 1. The third-order valence-electron chi connectivity index (χ3n) is 5.67. The number of aryl methyl sites for hydroxylation is 1. The van der Waals surface area contributed by atoms with Crippen LogP contribution >= 0.6 is 0 Å². The quantitative estimate of drug-likeness (QED) is 0.732. The van der Waals surface area contributed by atoms with Gasteiger partial charge in [0.05, 0.1) is 6.42 Å². The van der Waals surface area contributed by atoms with Crippen LogP contribution in [0.3, 0.4) is 0 Å². The summed E-state index contributed by atoms with van der Waals surface area (Å²) in [5.41, 5.74) is 4.99. The summed E-state index contributed by atoms with van der Waals surface area (Å²) in [6, 6.07) is 10.9. The zero-order chi connectivity index (χ0) is 17.6. The lowest BCUT2D eigenvalue weighted by Gasteiger charge is -2.29. The minimum atomic E-state index is -0.837. The van der Waals surface area contributed by atoms with E-state index in [0.717, 1.165) is 41.3 Å². The van der Waals surface area contributed by atoms with Gasteiger partial charge in [-0.3, -0.25) is 4.79 Å². The SMILES string of the molecule is CCC1(c2c[nH]c3c(CC(=O)O)cccc23)CCc2cc(F)ccc21. The van der Waals surface area contributed by atoms with E-state index in [4.69, 9.17) is 5.11 Å². The van der Waals surface area contributed by atoms with Gasteiger partial charge in [0.1, 0.15) is 5.82 Å². The summed E-state index contributed by atoms with van der Waals surface area (Å²) in [5, 5.41) is 10.2. The molecule has 0 bridgehead atoms. The van der Waals surface area contributed by atoms with Crippen LogP contribution in [0.4, 0.5) is 4.39 Å². The number of benzene rings is 2. The smallest absolute Gasteiger partial charge is 0.307 e. The Morgan fingerprint density at radius 2 is 2.12 bits per heavy atom. The molecule has 1 aliphatic rings. The number of hydrogen-bond donors (Lipinski definition) is 2. The van der Waals surface area contributed by atoms with Crippen LogP contribution in [0.2, 0.25) is 0 Å². The fourth-order valence-corrected chi connectivity index (χ4v) is 4.48. The number of aromatic nitrogens is 1. The number of halogens is 1. The molecule has 25 heavy (non-hydrogen) atoms. The Balaban J connectivity index is 1.91. The number of para-hydroxylation sites is 1. The predicted molar refractivity (Wildman–Crippen MR) is 95.4 cm³/mol. The average Bonchev–Trinajstić information content (AvgIpc) is 3.16. The van der Waals surface area contributed by atoms with Crippen molar-refractivity contribution in [2.75, 3.05) is 0 Å². The van der Waals surface area contributed by atoms with E-state index < -0.39 is 5.97 Å². The number of carbonyl (C=O) groups is 1. The maximum Gasteiger partial charge on any atom is 0.307 e. The molecule has 1 atom stereocenters. The van der Waals surface area contributed by atoms with E-state index in [1.807, 2.05) is 30.5 Å². The molecule has 4 rings (SSSR count). The molecule has 3 aromatic rings. The summed E-state index contributed by atoms with van der Waals surface area (Å²) in [6.45, 7) is 2.17. The van der Waals surface area contributed by atoms with Crippen LogP contribution in [-0.4, -0.2) is 16.1 Å². The van der Waals surface area contributed by atoms with Crippen molar-refractivity contribution in [2.24, 2.45) is 0 Å². The number of nitrogens with one attached hydrogen (secondary N) is 1. The third-order valence-corrected chi connectivity index (χ3v) is 5.67. The van der Waals surface area contributed by atoms with E-state index in [9.17, 15) is 9.18 Å². The largest absolute Gasteiger partial charge is 0.481 e. The minimum absolute atomic E-state index is 0.00177. The molecule has 1 heterocycles. The molecule has 0 radical (unpaired) electrons. The molecular formula is C21H20FNO2. The van der Waals surface area contributed by atoms with Gasteiger partial charge in [-0.05, 0) is 53.6 Å². The Hall–Kier alpha value is -2.62. The van der Waals surface area contributed by atoms with Gasteiger partial charge in [0.25, 0.3) is 0 Å². The van der Waals surface area contributed by atoms with Crippen LogP contribution in [0.15, 0.2) is 42.6 Å². The van der Waals surface area contributed by atoms with Gasteiger partial charge in [-0.2, -0.15) is 0 Å². The Morgan fingerprint density at radius 1 is 1.28 bits per heavy atom. The van der Waals surface area contributed by atoms with Crippen molar-refractivity contribution < 1.29 is 14.3 Å². The molecular weight excluding hydrogens is 317 g/mol. The summed E-state index contributed by atoms with van der Waals surface area (Å²) in [6.07, 6.45) is 4.73. The Morgan fingerprint density at radius 3 is 2.88 bits per heavy atom. The standard InChI is InChI=1S/C21H20FNO2/c1-2-21(9-8-13-10-15(22)6-7-17(13)21)18-12-23-20-14(11-19(24)25)4-3-5-16(18)20/h3-7,10,12,23H,2,8-9,11H2,1H3,(H,24,25). The Kier molecular flexibility index (Phi) is 3.64. The lowest BCUT2D eigenvalue weighted by atomic mass is 9.73. The molecule has 2 aromatic carbocycles. The molecule has 2 N–H and O–H groups in total.